The molecular formula is C17H26N2O2. The van der Waals surface area contributed by atoms with Gasteiger partial charge < -0.3 is 9.47 Å². The lowest BCUT2D eigenvalue weighted by atomic mass is 10.1. The third-order valence-corrected chi connectivity index (χ3v) is 4.62. The summed E-state index contributed by atoms with van der Waals surface area (Å²) < 4.78 is 10.7. The van der Waals surface area contributed by atoms with E-state index >= 15 is 0 Å². The van der Waals surface area contributed by atoms with E-state index in [2.05, 4.69) is 34.1 Å². The summed E-state index contributed by atoms with van der Waals surface area (Å²) in [5.74, 6) is 0.935. The van der Waals surface area contributed by atoms with Crippen LogP contribution in [-0.4, -0.2) is 62.3 Å². The molecule has 0 saturated carbocycles. The fourth-order valence-corrected chi connectivity index (χ4v) is 3.36. The van der Waals surface area contributed by atoms with Gasteiger partial charge in [-0.1, -0.05) is 12.1 Å². The van der Waals surface area contributed by atoms with E-state index in [-0.39, 0.29) is 0 Å². The van der Waals surface area contributed by atoms with Gasteiger partial charge in [0.05, 0.1) is 20.3 Å². The Labute approximate surface area is 127 Å². The molecule has 4 heteroatoms. The minimum Gasteiger partial charge on any atom is -0.497 e. The lowest BCUT2D eigenvalue weighted by Gasteiger charge is -2.33. The maximum absolute atomic E-state index is 5.44. The van der Waals surface area contributed by atoms with Crippen LogP contribution in [0.3, 0.4) is 0 Å². The molecular weight excluding hydrogens is 264 g/mol. The molecule has 2 heterocycles. The van der Waals surface area contributed by atoms with Gasteiger partial charge in [0, 0.05) is 32.2 Å². The second-order valence-corrected chi connectivity index (χ2v) is 6.03. The lowest BCUT2D eigenvalue weighted by Crippen LogP contribution is -2.44. The zero-order valence-electron chi connectivity index (χ0n) is 13.0. The first-order valence-electron chi connectivity index (χ1n) is 8.02. The van der Waals surface area contributed by atoms with Gasteiger partial charge in [0.25, 0.3) is 0 Å². The Balaban J connectivity index is 1.55. The predicted molar refractivity (Wildman–Crippen MR) is 83.7 cm³/mol. The van der Waals surface area contributed by atoms with Crippen molar-refractivity contribution in [2.75, 3.05) is 46.5 Å². The molecule has 0 aromatic heterocycles. The van der Waals surface area contributed by atoms with Crippen LogP contribution < -0.4 is 4.74 Å². The first-order valence-corrected chi connectivity index (χ1v) is 8.02. The van der Waals surface area contributed by atoms with Crippen molar-refractivity contribution < 1.29 is 9.47 Å². The molecule has 2 fully saturated rings. The third kappa shape index (κ3) is 3.96. The minimum absolute atomic E-state index is 0.699. The largest absolute Gasteiger partial charge is 0.497 e. The van der Waals surface area contributed by atoms with Crippen LogP contribution in [0.2, 0.25) is 0 Å². The van der Waals surface area contributed by atoms with E-state index in [0.717, 1.165) is 38.6 Å². The third-order valence-electron chi connectivity index (χ3n) is 4.62. The van der Waals surface area contributed by atoms with Gasteiger partial charge in [-0.25, -0.2) is 0 Å². The van der Waals surface area contributed by atoms with E-state index in [1.54, 1.807) is 7.11 Å². The van der Waals surface area contributed by atoms with Crippen LogP contribution in [0.25, 0.3) is 0 Å². The van der Waals surface area contributed by atoms with E-state index in [1.807, 2.05) is 0 Å². The molecule has 1 aromatic carbocycles. The average molecular weight is 290 g/mol. The lowest BCUT2D eigenvalue weighted by molar-refractivity contribution is 0.0262. The average Bonchev–Trinajstić information content (AvgIpc) is 2.96. The number of ether oxygens (including phenoxy) is 2. The van der Waals surface area contributed by atoms with Crippen molar-refractivity contribution in [3.05, 3.63) is 29.8 Å². The van der Waals surface area contributed by atoms with Gasteiger partial charge in [0.2, 0.25) is 0 Å². The van der Waals surface area contributed by atoms with E-state index in [9.17, 15) is 0 Å². The zero-order chi connectivity index (χ0) is 14.5. The second-order valence-electron chi connectivity index (χ2n) is 6.03. The first kappa shape index (κ1) is 14.8. The van der Waals surface area contributed by atoms with Crippen LogP contribution >= 0.6 is 0 Å². The van der Waals surface area contributed by atoms with Crippen molar-refractivity contribution >= 4 is 0 Å². The smallest absolute Gasteiger partial charge is 0.118 e. The van der Waals surface area contributed by atoms with Crippen molar-refractivity contribution in [1.82, 2.24) is 9.80 Å². The van der Waals surface area contributed by atoms with E-state index in [0.29, 0.717) is 6.04 Å². The summed E-state index contributed by atoms with van der Waals surface area (Å²) >= 11 is 0. The molecule has 2 aliphatic heterocycles. The second kappa shape index (κ2) is 7.25. The summed E-state index contributed by atoms with van der Waals surface area (Å²) in [5, 5.41) is 0. The Morgan fingerprint density at radius 2 is 1.90 bits per heavy atom. The van der Waals surface area contributed by atoms with Gasteiger partial charge in [0.1, 0.15) is 5.75 Å². The van der Waals surface area contributed by atoms with Gasteiger partial charge in [-0.05, 0) is 37.1 Å². The summed E-state index contributed by atoms with van der Waals surface area (Å²) in [6, 6.07) is 9.18. The number of methoxy groups -OCH3 is 1. The number of benzene rings is 1. The van der Waals surface area contributed by atoms with Crippen LogP contribution in [0.1, 0.15) is 18.4 Å². The molecule has 1 aromatic rings. The Kier molecular flexibility index (Phi) is 5.12. The molecule has 3 rings (SSSR count). The van der Waals surface area contributed by atoms with Crippen LogP contribution in [0.5, 0.6) is 5.75 Å². The molecule has 4 nitrogen and oxygen atoms in total. The van der Waals surface area contributed by atoms with Gasteiger partial charge in [-0.3, -0.25) is 9.80 Å². The highest BCUT2D eigenvalue weighted by Crippen LogP contribution is 2.22. The molecule has 0 N–H and O–H groups in total. The fourth-order valence-electron chi connectivity index (χ4n) is 3.36. The van der Waals surface area contributed by atoms with Crippen molar-refractivity contribution in [1.29, 1.82) is 0 Å². The first-order chi connectivity index (χ1) is 10.3. The molecule has 2 aliphatic rings. The van der Waals surface area contributed by atoms with Crippen LogP contribution in [0.4, 0.5) is 0 Å². The summed E-state index contributed by atoms with van der Waals surface area (Å²) in [5.41, 5.74) is 1.38. The number of rotatable bonds is 5. The summed E-state index contributed by atoms with van der Waals surface area (Å²) in [6.07, 6.45) is 2.65. The minimum atomic E-state index is 0.699. The Bertz CT molecular complexity index is 429. The molecule has 0 bridgehead atoms. The SMILES string of the molecule is COc1ccc(CN2CCC[C@H]2CN2CCOCC2)cc1. The Hall–Kier alpha value is -1.10. The highest BCUT2D eigenvalue weighted by atomic mass is 16.5. The predicted octanol–water partition coefficient (Wildman–Crippen LogP) is 1.99. The maximum atomic E-state index is 5.44. The van der Waals surface area contributed by atoms with Crippen molar-refractivity contribution in [3.8, 4) is 5.75 Å². The summed E-state index contributed by atoms with van der Waals surface area (Å²) in [4.78, 5) is 5.19. The number of nitrogens with zero attached hydrogens (tertiary/aromatic N) is 2. The topological polar surface area (TPSA) is 24.9 Å². The molecule has 0 amide bonds. The number of likely N-dealkylation sites (tertiary alicyclic amines) is 1. The maximum Gasteiger partial charge on any atom is 0.118 e. The fraction of sp³-hybridized carbons (Fsp3) is 0.647. The standard InChI is InChI=1S/C17H26N2O2/c1-20-17-6-4-15(5-7-17)13-19-8-2-3-16(19)14-18-9-11-21-12-10-18/h4-7,16H,2-3,8-14H2,1H3/t16-/m0/s1. The highest BCUT2D eigenvalue weighted by Gasteiger charge is 2.26. The number of morpholine rings is 1. The van der Waals surface area contributed by atoms with Crippen molar-refractivity contribution in [2.24, 2.45) is 0 Å². The monoisotopic (exact) mass is 290 g/mol. The quantitative estimate of drug-likeness (QED) is 0.828. The molecule has 0 spiro atoms. The molecule has 0 aliphatic carbocycles. The molecule has 21 heavy (non-hydrogen) atoms. The van der Waals surface area contributed by atoms with E-state index < -0.39 is 0 Å². The van der Waals surface area contributed by atoms with Gasteiger partial charge in [-0.2, -0.15) is 0 Å². The van der Waals surface area contributed by atoms with Gasteiger partial charge in [0.15, 0.2) is 0 Å². The normalized spacial score (nSPS) is 24.3. The molecule has 0 unspecified atom stereocenters. The molecule has 1 atom stereocenters. The zero-order valence-corrected chi connectivity index (χ0v) is 13.0. The van der Waals surface area contributed by atoms with E-state index in [4.69, 9.17) is 9.47 Å². The van der Waals surface area contributed by atoms with Crippen molar-refractivity contribution in [2.45, 2.75) is 25.4 Å². The summed E-state index contributed by atoms with van der Waals surface area (Å²) in [7, 11) is 1.72. The van der Waals surface area contributed by atoms with Crippen LogP contribution in [-0.2, 0) is 11.3 Å². The van der Waals surface area contributed by atoms with Gasteiger partial charge >= 0.3 is 0 Å². The Morgan fingerprint density at radius 3 is 2.62 bits per heavy atom. The van der Waals surface area contributed by atoms with E-state index in [1.165, 1.54) is 31.5 Å². The highest BCUT2D eigenvalue weighted by molar-refractivity contribution is 5.27. The van der Waals surface area contributed by atoms with Crippen molar-refractivity contribution in [3.63, 3.8) is 0 Å². The van der Waals surface area contributed by atoms with Crippen LogP contribution in [0, 0.1) is 0 Å². The van der Waals surface area contributed by atoms with Gasteiger partial charge in [-0.15, -0.1) is 0 Å². The summed E-state index contributed by atoms with van der Waals surface area (Å²) in [6.45, 7) is 7.44. The Morgan fingerprint density at radius 1 is 1.14 bits per heavy atom. The molecule has 116 valence electrons. The number of hydrogen-bond donors (Lipinski definition) is 0. The molecule has 0 radical (unpaired) electrons. The van der Waals surface area contributed by atoms with Crippen LogP contribution in [0.15, 0.2) is 24.3 Å². The number of hydrogen-bond acceptors (Lipinski definition) is 4. The molecule has 2 saturated heterocycles.